The fourth-order valence-corrected chi connectivity index (χ4v) is 1.53. The lowest BCUT2D eigenvalue weighted by Crippen LogP contribution is -2.20. The average molecular weight is 237 g/mol. The molecule has 0 saturated heterocycles. The maximum absolute atomic E-state index is 5.47. The quantitative estimate of drug-likeness (QED) is 0.826. The first-order valence-corrected chi connectivity index (χ1v) is 6.24. The van der Waals surface area contributed by atoms with Crippen molar-refractivity contribution >= 4 is 5.82 Å². The van der Waals surface area contributed by atoms with Crippen molar-refractivity contribution in [3.63, 3.8) is 0 Å². The standard InChI is InChI=1S/C13H23N3O/c1-6-17-11(5)8-14-12-7-10(4)15-13(16-12)9(2)3/h7,9,11H,6,8H2,1-5H3,(H,14,15,16). The van der Waals surface area contributed by atoms with E-state index in [-0.39, 0.29) is 6.10 Å². The van der Waals surface area contributed by atoms with E-state index in [9.17, 15) is 0 Å². The van der Waals surface area contributed by atoms with Gasteiger partial charge in [0.2, 0.25) is 0 Å². The molecule has 1 N–H and O–H groups in total. The summed E-state index contributed by atoms with van der Waals surface area (Å²) in [6.07, 6.45) is 0.192. The van der Waals surface area contributed by atoms with Crippen LogP contribution in [0.1, 0.15) is 45.1 Å². The van der Waals surface area contributed by atoms with Crippen molar-refractivity contribution in [1.82, 2.24) is 9.97 Å². The lowest BCUT2D eigenvalue weighted by atomic mass is 10.2. The van der Waals surface area contributed by atoms with E-state index in [0.29, 0.717) is 5.92 Å². The Bertz CT molecular complexity index is 353. The van der Waals surface area contributed by atoms with Gasteiger partial charge in [0, 0.05) is 30.8 Å². The third kappa shape index (κ3) is 4.69. The van der Waals surface area contributed by atoms with Crippen LogP contribution in [-0.2, 0) is 4.74 Å². The van der Waals surface area contributed by atoms with Gasteiger partial charge < -0.3 is 10.1 Å². The molecule has 1 aromatic rings. The fraction of sp³-hybridized carbons (Fsp3) is 0.692. The third-order valence-corrected chi connectivity index (χ3v) is 2.41. The molecule has 0 bridgehead atoms. The second-order valence-corrected chi connectivity index (χ2v) is 4.55. The summed E-state index contributed by atoms with van der Waals surface area (Å²) < 4.78 is 5.47. The number of anilines is 1. The molecule has 0 aliphatic rings. The summed E-state index contributed by atoms with van der Waals surface area (Å²) in [6.45, 7) is 11.7. The van der Waals surface area contributed by atoms with Crippen molar-refractivity contribution < 1.29 is 4.74 Å². The molecule has 0 fully saturated rings. The Labute approximate surface area is 104 Å². The minimum absolute atomic E-state index is 0.192. The molecule has 0 amide bonds. The number of rotatable bonds is 6. The smallest absolute Gasteiger partial charge is 0.133 e. The lowest BCUT2D eigenvalue weighted by molar-refractivity contribution is 0.0855. The van der Waals surface area contributed by atoms with Crippen LogP contribution in [0.2, 0.25) is 0 Å². The van der Waals surface area contributed by atoms with Gasteiger partial charge in [-0.15, -0.1) is 0 Å². The zero-order valence-corrected chi connectivity index (χ0v) is 11.4. The molecule has 1 unspecified atom stereocenters. The summed E-state index contributed by atoms with van der Waals surface area (Å²) in [7, 11) is 0. The van der Waals surface area contributed by atoms with E-state index in [0.717, 1.165) is 30.5 Å². The largest absolute Gasteiger partial charge is 0.377 e. The average Bonchev–Trinajstić information content (AvgIpc) is 2.26. The zero-order chi connectivity index (χ0) is 12.8. The fourth-order valence-electron chi connectivity index (χ4n) is 1.53. The van der Waals surface area contributed by atoms with Gasteiger partial charge in [0.05, 0.1) is 6.10 Å². The Balaban J connectivity index is 2.64. The summed E-state index contributed by atoms with van der Waals surface area (Å²) in [6, 6.07) is 1.96. The Hall–Kier alpha value is -1.16. The van der Waals surface area contributed by atoms with E-state index in [4.69, 9.17) is 4.74 Å². The molecule has 96 valence electrons. The Morgan fingerprint density at radius 2 is 2.00 bits per heavy atom. The topological polar surface area (TPSA) is 47.0 Å². The van der Waals surface area contributed by atoms with Crippen LogP contribution in [-0.4, -0.2) is 29.2 Å². The highest BCUT2D eigenvalue weighted by Crippen LogP contribution is 2.13. The van der Waals surface area contributed by atoms with E-state index >= 15 is 0 Å². The van der Waals surface area contributed by atoms with Crippen molar-refractivity contribution in [2.45, 2.75) is 46.6 Å². The number of aromatic nitrogens is 2. The number of nitrogens with zero attached hydrogens (tertiary/aromatic N) is 2. The van der Waals surface area contributed by atoms with Gasteiger partial charge in [0.1, 0.15) is 11.6 Å². The second-order valence-electron chi connectivity index (χ2n) is 4.55. The molecule has 0 aliphatic carbocycles. The first kappa shape index (κ1) is 13.9. The highest BCUT2D eigenvalue weighted by atomic mass is 16.5. The van der Waals surface area contributed by atoms with E-state index in [1.54, 1.807) is 0 Å². The highest BCUT2D eigenvalue weighted by Gasteiger charge is 2.07. The number of aryl methyl sites for hydroxylation is 1. The predicted molar refractivity (Wildman–Crippen MR) is 70.4 cm³/mol. The normalized spacial score (nSPS) is 12.8. The van der Waals surface area contributed by atoms with Crippen LogP contribution in [0.15, 0.2) is 6.07 Å². The summed E-state index contributed by atoms with van der Waals surface area (Å²) in [4.78, 5) is 8.90. The van der Waals surface area contributed by atoms with E-state index in [1.807, 2.05) is 26.8 Å². The first-order chi connectivity index (χ1) is 8.02. The van der Waals surface area contributed by atoms with Crippen molar-refractivity contribution in [2.24, 2.45) is 0 Å². The van der Waals surface area contributed by atoms with Gasteiger partial charge in [0.25, 0.3) is 0 Å². The molecule has 4 heteroatoms. The Morgan fingerprint density at radius 3 is 2.59 bits per heavy atom. The lowest BCUT2D eigenvalue weighted by Gasteiger charge is -2.14. The SMILES string of the molecule is CCOC(C)CNc1cc(C)nc(C(C)C)n1. The minimum atomic E-state index is 0.192. The van der Waals surface area contributed by atoms with Crippen molar-refractivity contribution in [2.75, 3.05) is 18.5 Å². The van der Waals surface area contributed by atoms with Gasteiger partial charge in [-0.1, -0.05) is 13.8 Å². The highest BCUT2D eigenvalue weighted by molar-refractivity contribution is 5.36. The van der Waals surface area contributed by atoms with E-state index in [2.05, 4.69) is 29.1 Å². The predicted octanol–water partition coefficient (Wildman–Crippen LogP) is 2.75. The van der Waals surface area contributed by atoms with Crippen molar-refractivity contribution in [1.29, 1.82) is 0 Å². The van der Waals surface area contributed by atoms with Crippen LogP contribution in [0.25, 0.3) is 0 Å². The monoisotopic (exact) mass is 237 g/mol. The molecule has 0 aromatic carbocycles. The minimum Gasteiger partial charge on any atom is -0.377 e. The van der Waals surface area contributed by atoms with Crippen molar-refractivity contribution in [3.05, 3.63) is 17.6 Å². The Kier molecular flexibility index (Phi) is 5.35. The van der Waals surface area contributed by atoms with Crippen LogP contribution in [0, 0.1) is 6.92 Å². The van der Waals surface area contributed by atoms with Gasteiger partial charge in [-0.05, 0) is 20.8 Å². The summed E-state index contributed by atoms with van der Waals surface area (Å²) >= 11 is 0. The van der Waals surface area contributed by atoms with E-state index in [1.165, 1.54) is 0 Å². The molecule has 0 spiro atoms. The maximum Gasteiger partial charge on any atom is 0.133 e. The molecular formula is C13H23N3O. The molecule has 1 rings (SSSR count). The molecule has 1 heterocycles. The van der Waals surface area contributed by atoms with Crippen LogP contribution < -0.4 is 5.32 Å². The van der Waals surface area contributed by atoms with Crippen LogP contribution in [0.4, 0.5) is 5.82 Å². The summed E-state index contributed by atoms with van der Waals surface area (Å²) in [5.74, 6) is 2.11. The number of hydrogen-bond acceptors (Lipinski definition) is 4. The van der Waals surface area contributed by atoms with Crippen LogP contribution in [0.5, 0.6) is 0 Å². The van der Waals surface area contributed by atoms with Gasteiger partial charge >= 0.3 is 0 Å². The van der Waals surface area contributed by atoms with Crippen LogP contribution >= 0.6 is 0 Å². The summed E-state index contributed by atoms with van der Waals surface area (Å²) in [5, 5.41) is 3.29. The molecule has 1 aromatic heterocycles. The Morgan fingerprint density at radius 1 is 1.29 bits per heavy atom. The second kappa shape index (κ2) is 6.55. The summed E-state index contributed by atoms with van der Waals surface area (Å²) in [5.41, 5.74) is 0.996. The van der Waals surface area contributed by atoms with Gasteiger partial charge in [-0.2, -0.15) is 0 Å². The molecule has 4 nitrogen and oxygen atoms in total. The van der Waals surface area contributed by atoms with Gasteiger partial charge in [-0.25, -0.2) is 9.97 Å². The van der Waals surface area contributed by atoms with Gasteiger partial charge in [-0.3, -0.25) is 0 Å². The van der Waals surface area contributed by atoms with E-state index < -0.39 is 0 Å². The number of nitrogens with one attached hydrogen (secondary N) is 1. The molecule has 0 radical (unpaired) electrons. The molecule has 0 saturated carbocycles. The molecule has 0 aliphatic heterocycles. The number of ether oxygens (including phenoxy) is 1. The van der Waals surface area contributed by atoms with Gasteiger partial charge in [0.15, 0.2) is 0 Å². The number of hydrogen-bond donors (Lipinski definition) is 1. The van der Waals surface area contributed by atoms with Crippen LogP contribution in [0.3, 0.4) is 0 Å². The molecule has 17 heavy (non-hydrogen) atoms. The molecule has 1 atom stereocenters. The maximum atomic E-state index is 5.47. The van der Waals surface area contributed by atoms with Crippen molar-refractivity contribution in [3.8, 4) is 0 Å². The zero-order valence-electron chi connectivity index (χ0n) is 11.4. The molecular weight excluding hydrogens is 214 g/mol. The third-order valence-electron chi connectivity index (χ3n) is 2.41. The first-order valence-electron chi connectivity index (χ1n) is 6.24.